The highest BCUT2D eigenvalue weighted by atomic mass is 32.2. The first-order chi connectivity index (χ1) is 14.3. The van der Waals surface area contributed by atoms with Gasteiger partial charge < -0.3 is 20.8 Å². The Hall–Kier alpha value is -2.91. The number of amides is 1. The summed E-state index contributed by atoms with van der Waals surface area (Å²) in [6.45, 7) is 3.22. The van der Waals surface area contributed by atoms with Crippen LogP contribution in [-0.4, -0.2) is 88.4 Å². The molecule has 1 fully saturated rings. The van der Waals surface area contributed by atoms with Gasteiger partial charge in [-0.15, -0.1) is 16.9 Å². The molecule has 13 nitrogen and oxygen atoms in total. The number of fused-ring (bicyclic) bond motifs is 1. The van der Waals surface area contributed by atoms with Crippen LogP contribution in [0, 0.1) is 0 Å². The first-order valence-corrected chi connectivity index (χ1v) is 10.5. The van der Waals surface area contributed by atoms with Crippen molar-refractivity contribution in [1.82, 2.24) is 25.1 Å². The minimum Gasteiger partial charge on any atom is -0.477 e. The molecule has 3 rings (SSSR count). The monoisotopic (exact) mass is 455 g/mol. The van der Waals surface area contributed by atoms with E-state index < -0.39 is 23.9 Å². The maximum Gasteiger partial charge on any atom is 0.355 e. The molecule has 2 atom stereocenters. The minimum absolute atomic E-state index is 0.0393. The highest BCUT2D eigenvalue weighted by Gasteiger charge is 2.51. The highest BCUT2D eigenvalue weighted by molar-refractivity contribution is 8.01. The summed E-state index contributed by atoms with van der Waals surface area (Å²) in [6.07, 6.45) is 1.41. The summed E-state index contributed by atoms with van der Waals surface area (Å²) in [7, 11) is 0. The van der Waals surface area contributed by atoms with Crippen molar-refractivity contribution >= 4 is 47.1 Å². The van der Waals surface area contributed by atoms with Crippen LogP contribution in [0.2, 0.25) is 0 Å². The third-order valence-electron chi connectivity index (χ3n) is 4.08. The Labute approximate surface area is 178 Å². The third-order valence-corrected chi connectivity index (χ3v) is 6.48. The molecule has 0 bridgehead atoms. The van der Waals surface area contributed by atoms with E-state index >= 15 is 0 Å². The van der Waals surface area contributed by atoms with Crippen molar-refractivity contribution in [1.29, 1.82) is 0 Å². The Morgan fingerprint density at radius 2 is 2.23 bits per heavy atom. The Morgan fingerprint density at radius 1 is 1.47 bits per heavy atom. The molecule has 30 heavy (non-hydrogen) atoms. The number of aliphatic carboxylic acids is 2. The molecule has 2 aliphatic heterocycles. The summed E-state index contributed by atoms with van der Waals surface area (Å²) in [5.74, 6) is -2.37. The van der Waals surface area contributed by atoms with Crippen molar-refractivity contribution in [3.05, 3.63) is 23.9 Å². The minimum atomic E-state index is -1.30. The summed E-state index contributed by atoms with van der Waals surface area (Å²) >= 11 is 2.50. The summed E-state index contributed by atoms with van der Waals surface area (Å²) in [6, 6.07) is -0.706. The molecule has 1 aromatic heterocycles. The van der Waals surface area contributed by atoms with Gasteiger partial charge in [-0.1, -0.05) is 29.6 Å². The molecule has 0 aromatic carbocycles. The van der Waals surface area contributed by atoms with Crippen molar-refractivity contribution in [2.75, 3.05) is 18.1 Å². The number of nitrogens with two attached hydrogens (primary N) is 1. The van der Waals surface area contributed by atoms with Crippen LogP contribution in [0.4, 0.5) is 0 Å². The number of oxime groups is 1. The Kier molecular flexibility index (Phi) is 6.73. The summed E-state index contributed by atoms with van der Waals surface area (Å²) in [5, 5.41) is 33.3. The van der Waals surface area contributed by atoms with Crippen LogP contribution in [0.5, 0.6) is 0 Å². The normalized spacial score (nSPS) is 21.2. The van der Waals surface area contributed by atoms with Crippen LogP contribution < -0.4 is 5.73 Å². The fourth-order valence-electron chi connectivity index (χ4n) is 2.69. The first-order valence-electron chi connectivity index (χ1n) is 8.42. The van der Waals surface area contributed by atoms with Crippen molar-refractivity contribution in [3.63, 3.8) is 0 Å². The van der Waals surface area contributed by atoms with E-state index in [9.17, 15) is 24.6 Å². The number of hydrogen-bond donors (Lipinski definition) is 3. The van der Waals surface area contributed by atoms with E-state index in [0.29, 0.717) is 11.3 Å². The number of β-lactam (4-membered cyclic amide) rings is 1. The van der Waals surface area contributed by atoms with E-state index in [-0.39, 0.29) is 40.8 Å². The van der Waals surface area contributed by atoms with E-state index in [2.05, 4.69) is 27.3 Å². The van der Waals surface area contributed by atoms with Gasteiger partial charge in [-0.05, 0) is 16.0 Å². The van der Waals surface area contributed by atoms with Crippen LogP contribution in [-0.2, 0) is 25.8 Å². The molecule has 1 unspecified atom stereocenters. The van der Waals surface area contributed by atoms with E-state index in [0.717, 1.165) is 11.8 Å². The zero-order valence-electron chi connectivity index (χ0n) is 15.4. The molecule has 0 saturated carbocycles. The van der Waals surface area contributed by atoms with E-state index in [1.807, 2.05) is 0 Å². The summed E-state index contributed by atoms with van der Waals surface area (Å²) < 4.78 is 1.21. The van der Waals surface area contributed by atoms with Gasteiger partial charge >= 0.3 is 11.9 Å². The van der Waals surface area contributed by atoms with Gasteiger partial charge in [-0.2, -0.15) is 0 Å². The van der Waals surface area contributed by atoms with E-state index in [4.69, 9.17) is 10.6 Å². The molecule has 0 radical (unpaired) electrons. The number of rotatable bonds is 10. The molecule has 0 spiro atoms. The summed E-state index contributed by atoms with van der Waals surface area (Å²) in [5.41, 5.74) is 5.84. The van der Waals surface area contributed by atoms with Gasteiger partial charge in [0, 0.05) is 11.5 Å². The number of thioether (sulfide) groups is 2. The molecule has 4 N–H and O–H groups in total. The SMILES string of the molecule is C=CCON=C(Cn1nnnc1SCC1=C(C(=O)O)N2C(=O)C(N)[C@@H]2SC1)C(=O)O. The maximum absolute atomic E-state index is 12.0. The van der Waals surface area contributed by atoms with Crippen LogP contribution in [0.25, 0.3) is 0 Å². The summed E-state index contributed by atoms with van der Waals surface area (Å²) in [4.78, 5) is 41.1. The second kappa shape index (κ2) is 9.27. The number of nitrogens with zero attached hydrogens (tertiary/aromatic N) is 6. The number of hydrogen-bond acceptors (Lipinski definition) is 11. The quantitative estimate of drug-likeness (QED) is 0.0976. The van der Waals surface area contributed by atoms with Crippen LogP contribution in [0.15, 0.2) is 34.2 Å². The molecule has 1 saturated heterocycles. The third kappa shape index (κ3) is 4.31. The Balaban J connectivity index is 1.74. The molecule has 15 heteroatoms. The second-order valence-electron chi connectivity index (χ2n) is 6.03. The second-order valence-corrected chi connectivity index (χ2v) is 8.08. The van der Waals surface area contributed by atoms with Gasteiger partial charge in [0.1, 0.15) is 23.7 Å². The number of aromatic nitrogens is 4. The predicted octanol–water partition coefficient (Wildman–Crippen LogP) is -1.01. The van der Waals surface area contributed by atoms with Gasteiger partial charge in [0.2, 0.25) is 11.1 Å². The highest BCUT2D eigenvalue weighted by Crippen LogP contribution is 2.40. The fraction of sp³-hybridized carbons (Fsp3) is 0.400. The standard InChI is InChI=1S/C15H17N7O6S2/c1-2-3-28-18-8(13(24)25)4-21-15(17-19-20-21)30-6-7-5-29-12-9(16)11(23)22(12)10(7)14(26)27/h2,9,12H,1,3-6,16H2,(H,24,25)(H,26,27)/t9?,12-/m0/s1. The number of carboxylic acids is 2. The lowest BCUT2D eigenvalue weighted by Crippen LogP contribution is -2.68. The number of carbonyl (C=O) groups is 3. The Morgan fingerprint density at radius 3 is 2.90 bits per heavy atom. The average molecular weight is 455 g/mol. The zero-order chi connectivity index (χ0) is 21.8. The first kappa shape index (κ1) is 21.8. The lowest BCUT2D eigenvalue weighted by atomic mass is 10.0. The van der Waals surface area contributed by atoms with Gasteiger partial charge in [0.15, 0.2) is 5.71 Å². The van der Waals surface area contributed by atoms with Gasteiger partial charge in [-0.25, -0.2) is 14.3 Å². The van der Waals surface area contributed by atoms with Crippen molar-refractivity contribution in [2.24, 2.45) is 10.9 Å². The van der Waals surface area contributed by atoms with Crippen LogP contribution in [0.1, 0.15) is 0 Å². The molecule has 2 aliphatic rings. The number of carboxylic acid groups (broad SMARTS) is 2. The lowest BCUT2D eigenvalue weighted by Gasteiger charge is -2.48. The van der Waals surface area contributed by atoms with Gasteiger partial charge in [0.05, 0.1) is 6.54 Å². The average Bonchev–Trinajstić information content (AvgIpc) is 3.16. The predicted molar refractivity (Wildman–Crippen MR) is 105 cm³/mol. The van der Waals surface area contributed by atoms with E-state index in [1.54, 1.807) is 0 Å². The van der Waals surface area contributed by atoms with Crippen molar-refractivity contribution in [2.45, 2.75) is 23.1 Å². The van der Waals surface area contributed by atoms with Crippen LogP contribution >= 0.6 is 23.5 Å². The molecular formula is C15H17N7O6S2. The number of carbonyl (C=O) groups excluding carboxylic acids is 1. The molecule has 160 valence electrons. The van der Waals surface area contributed by atoms with Crippen molar-refractivity contribution < 1.29 is 29.4 Å². The van der Waals surface area contributed by atoms with Gasteiger partial charge in [0.25, 0.3) is 0 Å². The molecule has 1 aromatic rings. The zero-order valence-corrected chi connectivity index (χ0v) is 17.0. The van der Waals surface area contributed by atoms with Crippen LogP contribution in [0.3, 0.4) is 0 Å². The molecule has 1 amide bonds. The fourth-order valence-corrected chi connectivity index (χ4v) is 5.00. The smallest absolute Gasteiger partial charge is 0.355 e. The van der Waals surface area contributed by atoms with Gasteiger partial charge in [-0.3, -0.25) is 9.69 Å². The van der Waals surface area contributed by atoms with Crippen molar-refractivity contribution in [3.8, 4) is 0 Å². The Bertz CT molecular complexity index is 946. The maximum atomic E-state index is 12.0. The molecular weight excluding hydrogens is 438 g/mol. The molecule has 0 aliphatic carbocycles. The lowest BCUT2D eigenvalue weighted by molar-refractivity contribution is -0.147. The number of tetrazole rings is 1. The molecule has 3 heterocycles. The topological polar surface area (TPSA) is 186 Å². The van der Waals surface area contributed by atoms with E-state index in [1.165, 1.54) is 27.4 Å². The largest absolute Gasteiger partial charge is 0.477 e.